The molecular weight excluding hydrogens is 454 g/mol. The number of nitriles is 1. The second-order valence-corrected chi connectivity index (χ2v) is 10.8. The van der Waals surface area contributed by atoms with E-state index in [1.54, 1.807) is 0 Å². The number of benzene rings is 1. The molecule has 0 saturated heterocycles. The Labute approximate surface area is 224 Å². The van der Waals surface area contributed by atoms with E-state index in [0.29, 0.717) is 17.5 Å². The second kappa shape index (κ2) is 14.1. The molecule has 1 aromatic heterocycles. The predicted octanol–water partition coefficient (Wildman–Crippen LogP) is 5.94. The summed E-state index contributed by atoms with van der Waals surface area (Å²) in [6.45, 7) is 19.5. The van der Waals surface area contributed by atoms with E-state index < -0.39 is 0 Å². The highest BCUT2D eigenvalue weighted by Gasteiger charge is 2.42. The first-order valence-corrected chi connectivity index (χ1v) is 13.7. The van der Waals surface area contributed by atoms with Gasteiger partial charge in [-0.2, -0.15) is 10.4 Å². The highest BCUT2D eigenvalue weighted by molar-refractivity contribution is 5.53. The fraction of sp³-hybridized carbons (Fsp3) is 0.531. The van der Waals surface area contributed by atoms with Crippen molar-refractivity contribution in [1.29, 1.82) is 5.26 Å². The average molecular weight is 502 g/mol. The summed E-state index contributed by atoms with van der Waals surface area (Å²) < 4.78 is 0. The lowest BCUT2D eigenvalue weighted by molar-refractivity contribution is 0.0528. The van der Waals surface area contributed by atoms with Crippen LogP contribution in [0.1, 0.15) is 89.1 Å². The summed E-state index contributed by atoms with van der Waals surface area (Å²) >= 11 is 0. The molecule has 2 aromatic rings. The molecule has 1 unspecified atom stereocenters. The fourth-order valence-electron chi connectivity index (χ4n) is 5.29. The van der Waals surface area contributed by atoms with Gasteiger partial charge in [0.1, 0.15) is 0 Å². The van der Waals surface area contributed by atoms with Gasteiger partial charge >= 0.3 is 0 Å². The molecule has 3 rings (SSSR count). The molecule has 200 valence electrons. The van der Waals surface area contributed by atoms with Crippen LogP contribution in [0.2, 0.25) is 0 Å². The maximum atomic E-state index is 9.16. The van der Waals surface area contributed by atoms with Gasteiger partial charge in [-0.25, -0.2) is 0 Å². The van der Waals surface area contributed by atoms with Crippen molar-refractivity contribution in [3.63, 3.8) is 0 Å². The first-order valence-electron chi connectivity index (χ1n) is 13.7. The molecule has 2 N–H and O–H groups in total. The zero-order valence-electron chi connectivity index (χ0n) is 24.3. The Morgan fingerprint density at radius 3 is 2.49 bits per heavy atom. The Hall–Kier alpha value is -2.97. The number of aromatic nitrogens is 2. The van der Waals surface area contributed by atoms with Gasteiger partial charge in [0.25, 0.3) is 0 Å². The third kappa shape index (κ3) is 8.01. The molecule has 0 spiro atoms. The number of anilines is 1. The predicted molar refractivity (Wildman–Crippen MR) is 158 cm³/mol. The molecule has 1 aromatic carbocycles. The lowest BCUT2D eigenvalue weighted by atomic mass is 9.60. The Kier molecular flexibility index (Phi) is 11.5. The van der Waals surface area contributed by atoms with E-state index in [1.165, 1.54) is 32.1 Å². The third-order valence-corrected chi connectivity index (χ3v) is 7.92. The van der Waals surface area contributed by atoms with E-state index in [-0.39, 0.29) is 0 Å². The van der Waals surface area contributed by atoms with Crippen molar-refractivity contribution in [2.24, 2.45) is 11.3 Å². The number of hydrogen-bond acceptors (Lipinski definition) is 5. The monoisotopic (exact) mass is 501 g/mol. The minimum Gasteiger partial charge on any atom is -0.364 e. The Morgan fingerprint density at radius 1 is 1.24 bits per heavy atom. The van der Waals surface area contributed by atoms with Crippen LogP contribution in [0.25, 0.3) is 12.2 Å². The van der Waals surface area contributed by atoms with E-state index in [1.807, 2.05) is 58.0 Å². The van der Waals surface area contributed by atoms with Crippen LogP contribution in [-0.2, 0) is 6.54 Å². The number of hydrogen-bond donors (Lipinski definition) is 2. The van der Waals surface area contributed by atoms with Crippen molar-refractivity contribution in [2.45, 2.75) is 93.2 Å². The molecule has 0 radical (unpaired) electrons. The minimum atomic E-state index is 0.583. The van der Waals surface area contributed by atoms with Crippen LogP contribution in [0.15, 0.2) is 30.4 Å². The summed E-state index contributed by atoms with van der Waals surface area (Å²) in [7, 11) is 2.09. The van der Waals surface area contributed by atoms with Crippen LogP contribution in [-0.4, -0.2) is 23.3 Å². The van der Waals surface area contributed by atoms with Crippen molar-refractivity contribution in [2.75, 3.05) is 12.4 Å². The Balaban J connectivity index is 0.000000312. The number of allylic oxidation sites excluding steroid dienone is 1. The van der Waals surface area contributed by atoms with Crippen LogP contribution >= 0.6 is 0 Å². The van der Waals surface area contributed by atoms with Crippen LogP contribution in [0.4, 0.5) is 5.82 Å². The Morgan fingerprint density at radius 2 is 1.95 bits per heavy atom. The summed E-state index contributed by atoms with van der Waals surface area (Å²) in [6, 6.07) is 8.77. The summed E-state index contributed by atoms with van der Waals surface area (Å²) in [4.78, 5) is 0. The molecule has 5 heteroatoms. The largest absolute Gasteiger partial charge is 0.364 e. The van der Waals surface area contributed by atoms with E-state index >= 15 is 0 Å². The molecule has 1 atom stereocenters. The molecular formula is C32H47N5. The highest BCUT2D eigenvalue weighted by Crippen LogP contribution is 2.48. The molecule has 0 amide bonds. The number of rotatable bonds is 9. The normalized spacial score (nSPS) is 20.4. The first kappa shape index (κ1) is 30.3. The van der Waals surface area contributed by atoms with Gasteiger partial charge < -0.3 is 10.6 Å². The fourth-order valence-corrected chi connectivity index (χ4v) is 5.29. The maximum absolute atomic E-state index is 9.16. The van der Waals surface area contributed by atoms with Gasteiger partial charge in [-0.1, -0.05) is 64.0 Å². The van der Waals surface area contributed by atoms with Crippen molar-refractivity contribution in [3.05, 3.63) is 63.2 Å². The summed E-state index contributed by atoms with van der Waals surface area (Å²) in [5.41, 5.74) is 5.29. The molecule has 0 bridgehead atoms. The van der Waals surface area contributed by atoms with Crippen molar-refractivity contribution in [3.8, 4) is 6.07 Å². The lowest BCUT2D eigenvalue weighted by Crippen LogP contribution is -2.48. The SMILES string of the molecule is C=C(C)/C=c1/c(NCc2cccc(C#N)c2C)nnc(C)/c1=C/C.CCC(C)CC1(CC)CC(NC)C1. The summed E-state index contributed by atoms with van der Waals surface area (Å²) in [5, 5.41) is 26.5. The van der Waals surface area contributed by atoms with E-state index in [9.17, 15) is 0 Å². The van der Waals surface area contributed by atoms with Gasteiger partial charge in [-0.3, -0.25) is 0 Å². The smallest absolute Gasteiger partial charge is 0.156 e. The topological polar surface area (TPSA) is 73.6 Å². The zero-order chi connectivity index (χ0) is 27.6. The minimum absolute atomic E-state index is 0.583. The van der Waals surface area contributed by atoms with E-state index in [2.05, 4.69) is 61.3 Å². The van der Waals surface area contributed by atoms with Crippen molar-refractivity contribution < 1.29 is 0 Å². The van der Waals surface area contributed by atoms with Crippen LogP contribution in [0, 0.1) is 36.5 Å². The summed E-state index contributed by atoms with van der Waals surface area (Å²) in [5.74, 6) is 1.64. The summed E-state index contributed by atoms with van der Waals surface area (Å²) in [6.07, 6.45) is 11.0. The molecule has 1 aliphatic rings. The van der Waals surface area contributed by atoms with Gasteiger partial charge in [0.05, 0.1) is 17.3 Å². The quantitative estimate of drug-likeness (QED) is 0.445. The van der Waals surface area contributed by atoms with Crippen LogP contribution in [0.5, 0.6) is 0 Å². The molecule has 1 fully saturated rings. The lowest BCUT2D eigenvalue weighted by Gasteiger charge is -2.49. The van der Waals surface area contributed by atoms with Gasteiger partial charge in [0.2, 0.25) is 0 Å². The van der Waals surface area contributed by atoms with Crippen LogP contribution < -0.4 is 21.1 Å². The standard InChI is InChI=1S/C20H22N4.C12H25N/c1-6-18-15(5)23-24-20(19(18)10-13(2)3)22-12-17-9-7-8-16(11-21)14(17)4;1-5-10(3)7-12(6-2)8-11(9-12)13-4/h6-10H,2,12H2,1,3-5H3,(H,22,24);10-11,13H,5-9H2,1-4H3/b18-6-,19-10+;. The molecule has 1 aliphatic carbocycles. The van der Waals surface area contributed by atoms with Gasteiger partial charge in [0, 0.05) is 23.0 Å². The zero-order valence-corrected chi connectivity index (χ0v) is 24.3. The van der Waals surface area contributed by atoms with Gasteiger partial charge in [-0.15, -0.1) is 5.10 Å². The van der Waals surface area contributed by atoms with Crippen LogP contribution in [0.3, 0.4) is 0 Å². The highest BCUT2D eigenvalue weighted by atomic mass is 15.2. The maximum Gasteiger partial charge on any atom is 0.156 e. The van der Waals surface area contributed by atoms with E-state index in [0.717, 1.165) is 50.6 Å². The molecule has 37 heavy (non-hydrogen) atoms. The molecule has 0 aliphatic heterocycles. The average Bonchev–Trinajstić information content (AvgIpc) is 2.86. The number of nitrogens with one attached hydrogen (secondary N) is 2. The van der Waals surface area contributed by atoms with E-state index in [4.69, 9.17) is 5.26 Å². The molecule has 1 saturated carbocycles. The van der Waals surface area contributed by atoms with Gasteiger partial charge in [0.15, 0.2) is 5.82 Å². The first-order chi connectivity index (χ1) is 17.6. The third-order valence-electron chi connectivity index (χ3n) is 7.92. The molecule has 5 nitrogen and oxygen atoms in total. The second-order valence-electron chi connectivity index (χ2n) is 10.8. The number of nitrogens with zero attached hydrogens (tertiary/aromatic N) is 3. The van der Waals surface area contributed by atoms with Crippen molar-refractivity contribution >= 4 is 18.0 Å². The Bertz CT molecular complexity index is 1210. The number of aryl methyl sites for hydroxylation is 1. The van der Waals surface area contributed by atoms with Crippen molar-refractivity contribution in [1.82, 2.24) is 15.5 Å². The van der Waals surface area contributed by atoms with Gasteiger partial charge in [-0.05, 0) is 88.6 Å². The molecule has 1 heterocycles.